The van der Waals surface area contributed by atoms with Gasteiger partial charge in [-0.3, -0.25) is 6.08 Å². The van der Waals surface area contributed by atoms with Crippen LogP contribution < -0.4 is 24.8 Å². The van der Waals surface area contributed by atoms with Crippen LogP contribution in [0.2, 0.25) is 0 Å². The zero-order valence-corrected chi connectivity index (χ0v) is 7.53. The predicted molar refractivity (Wildman–Crippen MR) is 21.7 cm³/mol. The van der Waals surface area contributed by atoms with Gasteiger partial charge in [0.1, 0.15) is 0 Å². The Bertz CT molecular complexity index is 48.4. The molecule has 1 radical (unpaired) electrons. The number of hydrogen-bond donors (Lipinski definition) is 0. The van der Waals surface area contributed by atoms with E-state index in [1.165, 1.54) is 19.3 Å². The van der Waals surface area contributed by atoms with Crippen LogP contribution >= 0.6 is 0 Å². The smallest absolute Gasteiger partial charge is 1.00 e. The quantitative estimate of drug-likeness (QED) is 0.264. The van der Waals surface area contributed by atoms with E-state index in [4.69, 9.17) is 0 Å². The molecule has 1 rings (SSSR count). The fourth-order valence-corrected chi connectivity index (χ4v) is 0.510. The SMILES string of the molecule is [C-]1=CCCC1.[Cl-].[Cl-].[Ti+3]. The van der Waals surface area contributed by atoms with Gasteiger partial charge in [-0.2, -0.15) is 6.42 Å². The molecule has 0 amide bonds. The molecule has 0 aromatic rings. The summed E-state index contributed by atoms with van der Waals surface area (Å²) in [5.74, 6) is 0. The third-order valence-electron chi connectivity index (χ3n) is 0.814. The van der Waals surface area contributed by atoms with Crippen molar-refractivity contribution < 1.29 is 46.5 Å². The van der Waals surface area contributed by atoms with E-state index in [0.29, 0.717) is 0 Å². The van der Waals surface area contributed by atoms with Crippen LogP contribution in [0.5, 0.6) is 0 Å². The molecule has 0 nitrogen and oxygen atoms in total. The molecule has 0 spiro atoms. The maximum absolute atomic E-state index is 3.10. The molecule has 0 atom stereocenters. The number of allylic oxidation sites excluding steroid dienone is 2. The van der Waals surface area contributed by atoms with Crippen LogP contribution in [-0.4, -0.2) is 0 Å². The van der Waals surface area contributed by atoms with E-state index in [1.807, 2.05) is 0 Å². The summed E-state index contributed by atoms with van der Waals surface area (Å²) in [5.41, 5.74) is 0. The van der Waals surface area contributed by atoms with E-state index in [9.17, 15) is 0 Å². The van der Waals surface area contributed by atoms with Crippen LogP contribution in [0.1, 0.15) is 19.3 Å². The Kier molecular flexibility index (Phi) is 21.9. The van der Waals surface area contributed by atoms with Crippen molar-refractivity contribution in [3.05, 3.63) is 12.2 Å². The zero-order valence-electron chi connectivity index (χ0n) is 4.45. The van der Waals surface area contributed by atoms with Gasteiger partial charge in [-0.25, -0.2) is 0 Å². The Morgan fingerprint density at radius 2 is 1.88 bits per heavy atom. The Balaban J connectivity index is -0.0000000833. The molecule has 1 aliphatic rings. The largest absolute Gasteiger partial charge is 3.00 e. The van der Waals surface area contributed by atoms with Crippen molar-refractivity contribution in [1.29, 1.82) is 0 Å². The molecule has 0 aromatic heterocycles. The van der Waals surface area contributed by atoms with Crippen LogP contribution in [0.25, 0.3) is 0 Å². The third-order valence-corrected chi connectivity index (χ3v) is 0.814. The van der Waals surface area contributed by atoms with E-state index in [-0.39, 0.29) is 46.5 Å². The summed E-state index contributed by atoms with van der Waals surface area (Å²) >= 11 is 0. The minimum absolute atomic E-state index is 0. The first-order chi connectivity index (χ1) is 2.50. The minimum Gasteiger partial charge on any atom is -1.00 e. The van der Waals surface area contributed by atoms with Gasteiger partial charge in [-0.05, 0) is 0 Å². The average Bonchev–Trinajstić information content (AvgIpc) is 1.76. The molecule has 0 saturated heterocycles. The van der Waals surface area contributed by atoms with Gasteiger partial charge in [-0.15, -0.1) is 0 Å². The first kappa shape index (κ1) is 16.0. The maximum atomic E-state index is 3.10. The van der Waals surface area contributed by atoms with Gasteiger partial charge in [0.05, 0.1) is 0 Å². The summed E-state index contributed by atoms with van der Waals surface area (Å²) < 4.78 is 0. The third kappa shape index (κ3) is 7.03. The van der Waals surface area contributed by atoms with Gasteiger partial charge in [-0.1, -0.05) is 12.8 Å². The van der Waals surface area contributed by atoms with E-state index in [1.54, 1.807) is 0 Å². The van der Waals surface area contributed by atoms with Crippen LogP contribution in [0.15, 0.2) is 6.08 Å². The molecule has 45 valence electrons. The topological polar surface area (TPSA) is 0 Å². The van der Waals surface area contributed by atoms with Crippen molar-refractivity contribution in [1.82, 2.24) is 0 Å². The fourth-order valence-electron chi connectivity index (χ4n) is 0.510. The molecule has 0 heterocycles. The standard InChI is InChI=1S/C5H7.2ClH.Ti/c1-2-4-5-3-1;;;/h1H,2,4-5H2;2*1H;/q-1;;;+3/p-2. The molecule has 0 aliphatic heterocycles. The summed E-state index contributed by atoms with van der Waals surface area (Å²) in [5, 5.41) is 0. The molecular formula is C5H7Cl2Ti. The summed E-state index contributed by atoms with van der Waals surface area (Å²) in [6.07, 6.45) is 9.00. The average molecular weight is 186 g/mol. The summed E-state index contributed by atoms with van der Waals surface area (Å²) in [7, 11) is 0. The molecule has 8 heavy (non-hydrogen) atoms. The molecular weight excluding hydrogens is 179 g/mol. The maximum Gasteiger partial charge on any atom is 3.00 e. The molecule has 0 N–H and O–H groups in total. The molecule has 0 aromatic carbocycles. The molecule has 0 unspecified atom stereocenters. The molecule has 1 aliphatic carbocycles. The minimum atomic E-state index is 0. The van der Waals surface area contributed by atoms with Crippen LogP contribution in [0.4, 0.5) is 0 Å². The zero-order chi connectivity index (χ0) is 3.54. The van der Waals surface area contributed by atoms with Gasteiger partial charge in [0, 0.05) is 0 Å². The molecule has 0 saturated carbocycles. The molecule has 3 heteroatoms. The number of rotatable bonds is 0. The van der Waals surface area contributed by atoms with Gasteiger partial charge in [0.15, 0.2) is 0 Å². The normalized spacial score (nSPS) is 13.0. The molecule has 0 bridgehead atoms. The second-order valence-electron chi connectivity index (χ2n) is 1.30. The van der Waals surface area contributed by atoms with E-state index < -0.39 is 0 Å². The summed E-state index contributed by atoms with van der Waals surface area (Å²) in [6.45, 7) is 0. The Hall–Kier alpha value is 1.03. The van der Waals surface area contributed by atoms with Gasteiger partial charge < -0.3 is 30.9 Å². The second-order valence-corrected chi connectivity index (χ2v) is 1.30. The van der Waals surface area contributed by atoms with Crippen molar-refractivity contribution >= 4 is 0 Å². The summed E-state index contributed by atoms with van der Waals surface area (Å²) in [4.78, 5) is 0. The first-order valence-corrected chi connectivity index (χ1v) is 2.05. The number of halogens is 2. The first-order valence-electron chi connectivity index (χ1n) is 2.05. The van der Waals surface area contributed by atoms with Gasteiger partial charge in [0.2, 0.25) is 0 Å². The van der Waals surface area contributed by atoms with E-state index >= 15 is 0 Å². The second kappa shape index (κ2) is 10.9. The summed E-state index contributed by atoms with van der Waals surface area (Å²) in [6, 6.07) is 0. The van der Waals surface area contributed by atoms with Gasteiger partial charge in [0.25, 0.3) is 0 Å². The van der Waals surface area contributed by atoms with Crippen LogP contribution in [0.3, 0.4) is 0 Å². The predicted octanol–water partition coefficient (Wildman–Crippen LogP) is -4.46. The molecule has 0 fully saturated rings. The van der Waals surface area contributed by atoms with Gasteiger partial charge >= 0.3 is 21.7 Å². The van der Waals surface area contributed by atoms with Crippen LogP contribution in [0, 0.1) is 6.08 Å². The Labute approximate surface area is 77.8 Å². The number of hydrogen-bond acceptors (Lipinski definition) is 0. The van der Waals surface area contributed by atoms with Crippen molar-refractivity contribution in [3.8, 4) is 0 Å². The van der Waals surface area contributed by atoms with Crippen molar-refractivity contribution in [2.45, 2.75) is 19.3 Å². The van der Waals surface area contributed by atoms with Crippen LogP contribution in [-0.2, 0) is 21.7 Å². The van der Waals surface area contributed by atoms with Crippen molar-refractivity contribution in [3.63, 3.8) is 0 Å². The van der Waals surface area contributed by atoms with E-state index in [0.717, 1.165) is 0 Å². The van der Waals surface area contributed by atoms with E-state index in [2.05, 4.69) is 12.2 Å². The van der Waals surface area contributed by atoms with Crippen molar-refractivity contribution in [2.75, 3.05) is 0 Å². The Morgan fingerprint density at radius 1 is 1.25 bits per heavy atom. The fraction of sp³-hybridized carbons (Fsp3) is 0.600. The Morgan fingerprint density at radius 3 is 2.00 bits per heavy atom. The van der Waals surface area contributed by atoms with Crippen molar-refractivity contribution in [2.24, 2.45) is 0 Å². The monoisotopic (exact) mass is 185 g/mol.